The third kappa shape index (κ3) is 2.70. The van der Waals surface area contributed by atoms with Crippen molar-refractivity contribution in [2.45, 2.75) is 6.54 Å². The molecule has 1 saturated heterocycles. The summed E-state index contributed by atoms with van der Waals surface area (Å²) >= 11 is 1.61. The maximum Gasteiger partial charge on any atom is 0.208 e. The van der Waals surface area contributed by atoms with E-state index in [0.717, 1.165) is 34.5 Å². The second-order valence-corrected chi connectivity index (χ2v) is 5.46. The van der Waals surface area contributed by atoms with Gasteiger partial charge in [-0.05, 0) is 12.1 Å². The van der Waals surface area contributed by atoms with Gasteiger partial charge in [0, 0.05) is 17.9 Å². The molecule has 100 valence electrons. The van der Waals surface area contributed by atoms with Gasteiger partial charge in [0.2, 0.25) is 6.19 Å². The summed E-state index contributed by atoms with van der Waals surface area (Å²) in [7, 11) is 0. The fourth-order valence-corrected chi connectivity index (χ4v) is 3.07. The van der Waals surface area contributed by atoms with Gasteiger partial charge in [0.05, 0.1) is 6.54 Å². The SMILES string of the molecule is N#CN=C1SCCN1Cc1ccc(-c2ccccc2)o1. The first-order valence-corrected chi connectivity index (χ1v) is 7.34. The van der Waals surface area contributed by atoms with Gasteiger partial charge in [-0.15, -0.1) is 4.99 Å². The zero-order valence-corrected chi connectivity index (χ0v) is 11.6. The normalized spacial score (nSPS) is 16.6. The van der Waals surface area contributed by atoms with Gasteiger partial charge in [0.25, 0.3) is 0 Å². The van der Waals surface area contributed by atoms with E-state index in [4.69, 9.17) is 9.68 Å². The van der Waals surface area contributed by atoms with Gasteiger partial charge in [-0.2, -0.15) is 5.26 Å². The zero-order chi connectivity index (χ0) is 13.8. The molecule has 1 fully saturated rings. The first-order valence-electron chi connectivity index (χ1n) is 6.35. The Morgan fingerprint density at radius 3 is 2.90 bits per heavy atom. The summed E-state index contributed by atoms with van der Waals surface area (Å²) in [5, 5.41) is 9.44. The first-order chi connectivity index (χ1) is 9.86. The third-order valence-electron chi connectivity index (χ3n) is 3.08. The van der Waals surface area contributed by atoms with E-state index in [1.54, 1.807) is 11.8 Å². The van der Waals surface area contributed by atoms with E-state index in [1.807, 2.05) is 48.7 Å². The lowest BCUT2D eigenvalue weighted by Gasteiger charge is -2.14. The van der Waals surface area contributed by atoms with Gasteiger partial charge in [0.1, 0.15) is 11.5 Å². The van der Waals surface area contributed by atoms with Gasteiger partial charge in [-0.3, -0.25) is 0 Å². The molecule has 5 heteroatoms. The highest BCUT2D eigenvalue weighted by molar-refractivity contribution is 8.14. The molecular weight excluding hydrogens is 270 g/mol. The molecule has 0 unspecified atom stereocenters. The van der Waals surface area contributed by atoms with Gasteiger partial charge in [-0.25, -0.2) is 0 Å². The average molecular weight is 283 g/mol. The molecule has 0 radical (unpaired) electrons. The Kier molecular flexibility index (Phi) is 3.75. The van der Waals surface area contributed by atoms with Gasteiger partial charge in [-0.1, -0.05) is 42.1 Å². The summed E-state index contributed by atoms with van der Waals surface area (Å²) < 4.78 is 5.87. The number of rotatable bonds is 3. The van der Waals surface area contributed by atoms with Crippen LogP contribution in [-0.2, 0) is 6.54 Å². The van der Waals surface area contributed by atoms with E-state index >= 15 is 0 Å². The van der Waals surface area contributed by atoms with Gasteiger partial charge in [0.15, 0.2) is 5.17 Å². The number of nitrogens with zero attached hydrogens (tertiary/aromatic N) is 3. The van der Waals surface area contributed by atoms with Crippen molar-refractivity contribution >= 4 is 16.9 Å². The maximum atomic E-state index is 8.66. The lowest BCUT2D eigenvalue weighted by molar-refractivity contribution is 0.392. The topological polar surface area (TPSA) is 52.5 Å². The maximum absolute atomic E-state index is 8.66. The molecule has 20 heavy (non-hydrogen) atoms. The van der Waals surface area contributed by atoms with Crippen molar-refractivity contribution in [2.24, 2.45) is 4.99 Å². The molecule has 0 saturated carbocycles. The Morgan fingerprint density at radius 2 is 2.10 bits per heavy atom. The van der Waals surface area contributed by atoms with Crippen LogP contribution in [0.4, 0.5) is 0 Å². The van der Waals surface area contributed by atoms with Crippen LogP contribution < -0.4 is 0 Å². The number of amidine groups is 1. The molecule has 1 aromatic heterocycles. The van der Waals surface area contributed by atoms with Crippen LogP contribution >= 0.6 is 11.8 Å². The summed E-state index contributed by atoms with van der Waals surface area (Å²) in [6.45, 7) is 1.55. The summed E-state index contributed by atoms with van der Waals surface area (Å²) in [5.41, 5.74) is 1.07. The van der Waals surface area contributed by atoms with Gasteiger partial charge >= 0.3 is 0 Å². The van der Waals surface area contributed by atoms with Gasteiger partial charge < -0.3 is 9.32 Å². The lowest BCUT2D eigenvalue weighted by atomic mass is 10.2. The fraction of sp³-hybridized carbons (Fsp3) is 0.200. The molecule has 2 aromatic rings. The Hall–Kier alpha value is -2.19. The Bertz CT molecular complexity index is 657. The highest BCUT2D eigenvalue weighted by Gasteiger charge is 2.20. The van der Waals surface area contributed by atoms with Crippen LogP contribution in [0.25, 0.3) is 11.3 Å². The molecule has 1 aliphatic heterocycles. The highest BCUT2D eigenvalue weighted by Crippen LogP contribution is 2.25. The summed E-state index contributed by atoms with van der Waals surface area (Å²) in [6.07, 6.45) is 1.85. The van der Waals surface area contributed by atoms with E-state index in [0.29, 0.717) is 6.54 Å². The van der Waals surface area contributed by atoms with Crippen molar-refractivity contribution in [1.82, 2.24) is 4.90 Å². The molecule has 0 aliphatic carbocycles. The Morgan fingerprint density at radius 1 is 1.25 bits per heavy atom. The van der Waals surface area contributed by atoms with Crippen molar-refractivity contribution in [2.75, 3.05) is 12.3 Å². The molecule has 0 atom stereocenters. The fourth-order valence-electron chi connectivity index (χ4n) is 2.14. The molecule has 4 nitrogen and oxygen atoms in total. The standard InChI is InChI=1S/C15H13N3OS/c16-11-17-15-18(8-9-20-15)10-13-6-7-14(19-13)12-4-2-1-3-5-12/h1-7H,8-10H2. The number of aliphatic imine (C=N–C) groups is 1. The Labute approximate surface area is 121 Å². The van der Waals surface area contributed by atoms with E-state index in [1.165, 1.54) is 0 Å². The molecule has 0 N–H and O–H groups in total. The zero-order valence-electron chi connectivity index (χ0n) is 10.8. The molecule has 1 aromatic carbocycles. The molecule has 0 spiro atoms. The number of furan rings is 1. The van der Waals surface area contributed by atoms with Crippen LogP contribution in [0.2, 0.25) is 0 Å². The Balaban J connectivity index is 1.75. The predicted octanol–water partition coefficient (Wildman–Crippen LogP) is 3.33. The number of nitriles is 1. The average Bonchev–Trinajstić information content (AvgIpc) is 3.11. The summed E-state index contributed by atoms with van der Waals surface area (Å²) in [6, 6.07) is 14.0. The van der Waals surface area contributed by atoms with Crippen molar-refractivity contribution in [1.29, 1.82) is 5.26 Å². The lowest BCUT2D eigenvalue weighted by Crippen LogP contribution is -2.23. The minimum absolute atomic E-state index is 0.653. The van der Waals surface area contributed by atoms with Crippen LogP contribution in [0.3, 0.4) is 0 Å². The monoisotopic (exact) mass is 283 g/mol. The van der Waals surface area contributed by atoms with E-state index < -0.39 is 0 Å². The molecule has 2 heterocycles. The quantitative estimate of drug-likeness (QED) is 0.811. The number of hydrogen-bond acceptors (Lipinski definition) is 4. The van der Waals surface area contributed by atoms with Crippen LogP contribution in [0.1, 0.15) is 5.76 Å². The minimum atomic E-state index is 0.653. The molecule has 0 bridgehead atoms. The summed E-state index contributed by atoms with van der Waals surface area (Å²) in [5.74, 6) is 2.72. The van der Waals surface area contributed by atoms with Crippen LogP contribution in [0.5, 0.6) is 0 Å². The third-order valence-corrected chi connectivity index (χ3v) is 4.07. The highest BCUT2D eigenvalue weighted by atomic mass is 32.2. The van der Waals surface area contributed by atoms with E-state index in [9.17, 15) is 0 Å². The second-order valence-electron chi connectivity index (χ2n) is 4.40. The molecule has 1 aliphatic rings. The van der Waals surface area contributed by atoms with Crippen LogP contribution in [-0.4, -0.2) is 22.4 Å². The smallest absolute Gasteiger partial charge is 0.208 e. The molecule has 3 rings (SSSR count). The van der Waals surface area contributed by atoms with E-state index in [2.05, 4.69) is 9.89 Å². The van der Waals surface area contributed by atoms with Crippen molar-refractivity contribution < 1.29 is 4.42 Å². The largest absolute Gasteiger partial charge is 0.459 e. The first kappa shape index (κ1) is 12.8. The molecule has 0 amide bonds. The van der Waals surface area contributed by atoms with Crippen LogP contribution in [0.15, 0.2) is 51.9 Å². The van der Waals surface area contributed by atoms with Crippen LogP contribution in [0, 0.1) is 11.5 Å². The molecular formula is C15H13N3OS. The second kappa shape index (κ2) is 5.85. The van der Waals surface area contributed by atoms with Crippen molar-refractivity contribution in [3.05, 3.63) is 48.2 Å². The minimum Gasteiger partial charge on any atom is -0.459 e. The number of hydrogen-bond donors (Lipinski definition) is 0. The number of thioether (sulfide) groups is 1. The van der Waals surface area contributed by atoms with E-state index in [-0.39, 0.29) is 0 Å². The summed E-state index contributed by atoms with van der Waals surface area (Å²) in [4.78, 5) is 5.91. The van der Waals surface area contributed by atoms with Crippen molar-refractivity contribution in [3.8, 4) is 17.5 Å². The van der Waals surface area contributed by atoms with Crippen molar-refractivity contribution in [3.63, 3.8) is 0 Å². The predicted molar refractivity (Wildman–Crippen MR) is 80.1 cm³/mol. The number of benzene rings is 1.